The maximum absolute atomic E-state index is 13.5. The van der Waals surface area contributed by atoms with Crippen LogP contribution < -0.4 is 21.3 Å². The summed E-state index contributed by atoms with van der Waals surface area (Å²) >= 11 is 0. The van der Waals surface area contributed by atoms with Crippen LogP contribution in [-0.2, 0) is 32.0 Å². The predicted octanol–water partition coefficient (Wildman–Crippen LogP) is 2.52. The van der Waals surface area contributed by atoms with Crippen molar-refractivity contribution in [3.63, 3.8) is 0 Å². The van der Waals surface area contributed by atoms with Gasteiger partial charge in [-0.3, -0.25) is 19.2 Å². The lowest BCUT2D eigenvalue weighted by Crippen LogP contribution is -2.62. The summed E-state index contributed by atoms with van der Waals surface area (Å²) in [7, 11) is 0. The first-order valence-electron chi connectivity index (χ1n) is 13.4. The smallest absolute Gasteiger partial charge is 0.243 e. The van der Waals surface area contributed by atoms with Crippen molar-refractivity contribution >= 4 is 23.6 Å². The number of rotatable bonds is 8. The zero-order valence-corrected chi connectivity index (χ0v) is 22.7. The van der Waals surface area contributed by atoms with E-state index in [4.69, 9.17) is 0 Å². The Morgan fingerprint density at radius 1 is 0.500 bits per heavy atom. The van der Waals surface area contributed by atoms with E-state index in [0.717, 1.165) is 11.1 Å². The second-order valence-corrected chi connectivity index (χ2v) is 10.9. The second kappa shape index (κ2) is 13.7. The minimum absolute atomic E-state index is 0.109. The lowest BCUT2D eigenvalue weighted by Gasteiger charge is -2.30. The van der Waals surface area contributed by atoms with E-state index in [9.17, 15) is 19.2 Å². The van der Waals surface area contributed by atoms with Gasteiger partial charge in [0.2, 0.25) is 23.6 Å². The van der Waals surface area contributed by atoms with Gasteiger partial charge in [-0.15, -0.1) is 0 Å². The average Bonchev–Trinajstić information content (AvgIpc) is 2.87. The Kier molecular flexibility index (Phi) is 10.4. The number of benzene rings is 2. The van der Waals surface area contributed by atoms with Gasteiger partial charge >= 0.3 is 0 Å². The number of carbonyl (C=O) groups is 4. The summed E-state index contributed by atoms with van der Waals surface area (Å²) in [6.07, 6.45) is 1.29. The Hall–Kier alpha value is -3.68. The van der Waals surface area contributed by atoms with Crippen LogP contribution in [0.5, 0.6) is 0 Å². The summed E-state index contributed by atoms with van der Waals surface area (Å²) in [5, 5.41) is 11.5. The minimum atomic E-state index is -0.904. The first-order valence-corrected chi connectivity index (χ1v) is 13.4. The van der Waals surface area contributed by atoms with Gasteiger partial charge in [-0.1, -0.05) is 88.4 Å². The van der Waals surface area contributed by atoms with E-state index in [1.165, 1.54) is 0 Å². The molecule has 3 rings (SSSR count). The molecule has 2 aromatic carbocycles. The maximum Gasteiger partial charge on any atom is 0.243 e. The third kappa shape index (κ3) is 8.71. The van der Waals surface area contributed by atoms with Gasteiger partial charge in [0.25, 0.3) is 0 Å². The molecule has 1 aliphatic heterocycles. The van der Waals surface area contributed by atoms with E-state index in [2.05, 4.69) is 21.3 Å². The van der Waals surface area contributed by atoms with Crippen LogP contribution >= 0.6 is 0 Å². The highest BCUT2D eigenvalue weighted by Gasteiger charge is 2.34. The van der Waals surface area contributed by atoms with Crippen molar-refractivity contribution in [3.8, 4) is 0 Å². The van der Waals surface area contributed by atoms with Crippen LogP contribution in [0.3, 0.4) is 0 Å². The standard InChI is InChI=1S/C30H40N4O4/c1-19(2)15-23-27(35)33-26(18-22-13-9-6-10-14-22)30(38)32-24(16-20(3)4)28(36)34-25(29(37)31-23)17-21-11-7-5-8-12-21/h5-14,19-20,23-26H,15-18H2,1-4H3,(H,31,37)(H,32,38)(H,33,35)(H,34,36). The summed E-state index contributed by atoms with van der Waals surface area (Å²) in [6.45, 7) is 7.85. The first-order chi connectivity index (χ1) is 18.1. The number of carbonyl (C=O) groups excluding carboxylic acids is 4. The molecule has 1 fully saturated rings. The molecule has 1 heterocycles. The Morgan fingerprint density at radius 2 is 0.789 bits per heavy atom. The molecule has 8 nitrogen and oxygen atoms in total. The molecular weight excluding hydrogens is 480 g/mol. The van der Waals surface area contributed by atoms with E-state index >= 15 is 0 Å². The van der Waals surface area contributed by atoms with Crippen LogP contribution in [0.1, 0.15) is 51.7 Å². The molecule has 0 saturated carbocycles. The third-order valence-electron chi connectivity index (χ3n) is 6.51. The molecule has 4 amide bonds. The summed E-state index contributed by atoms with van der Waals surface area (Å²) < 4.78 is 0. The number of amides is 4. The first kappa shape index (κ1) is 28.9. The summed E-state index contributed by atoms with van der Waals surface area (Å²) in [5.74, 6) is -1.49. The second-order valence-electron chi connectivity index (χ2n) is 10.9. The number of hydrogen-bond donors (Lipinski definition) is 4. The van der Waals surface area contributed by atoms with Crippen molar-refractivity contribution in [2.75, 3.05) is 0 Å². The van der Waals surface area contributed by atoms with Gasteiger partial charge in [-0.25, -0.2) is 0 Å². The molecule has 4 unspecified atom stereocenters. The van der Waals surface area contributed by atoms with Crippen molar-refractivity contribution in [2.45, 2.75) is 77.5 Å². The molecule has 0 aliphatic carbocycles. The van der Waals surface area contributed by atoms with E-state index in [1.807, 2.05) is 88.4 Å². The lowest BCUT2D eigenvalue weighted by atomic mass is 9.97. The zero-order chi connectivity index (χ0) is 27.7. The fourth-order valence-corrected chi connectivity index (χ4v) is 4.61. The van der Waals surface area contributed by atoms with Gasteiger partial charge in [0.05, 0.1) is 0 Å². The lowest BCUT2D eigenvalue weighted by molar-refractivity contribution is -0.137. The topological polar surface area (TPSA) is 116 Å². The SMILES string of the molecule is CC(C)CC1NC(=O)C(Cc2ccccc2)NC(=O)C(CC(C)C)NC(=O)C(Cc2ccccc2)NC1=O. The molecule has 4 N–H and O–H groups in total. The van der Waals surface area contributed by atoms with Crippen LogP contribution in [0, 0.1) is 11.8 Å². The zero-order valence-electron chi connectivity index (χ0n) is 22.7. The third-order valence-corrected chi connectivity index (χ3v) is 6.51. The van der Waals surface area contributed by atoms with E-state index in [1.54, 1.807) is 0 Å². The molecule has 0 aromatic heterocycles. The van der Waals surface area contributed by atoms with Crippen molar-refractivity contribution in [2.24, 2.45) is 11.8 Å². The number of hydrogen-bond acceptors (Lipinski definition) is 4. The normalized spacial score (nSPS) is 23.1. The minimum Gasteiger partial charge on any atom is -0.343 e. The van der Waals surface area contributed by atoms with Crippen molar-refractivity contribution in [1.82, 2.24) is 21.3 Å². The Bertz CT molecular complexity index is 1000. The van der Waals surface area contributed by atoms with Gasteiger partial charge in [0, 0.05) is 12.8 Å². The largest absolute Gasteiger partial charge is 0.343 e. The highest BCUT2D eigenvalue weighted by molar-refractivity contribution is 5.97. The van der Waals surface area contributed by atoms with Crippen LogP contribution in [0.15, 0.2) is 60.7 Å². The highest BCUT2D eigenvalue weighted by Crippen LogP contribution is 2.13. The van der Waals surface area contributed by atoms with Crippen molar-refractivity contribution in [3.05, 3.63) is 71.8 Å². The van der Waals surface area contributed by atoms with E-state index < -0.39 is 47.8 Å². The van der Waals surface area contributed by atoms with Gasteiger partial charge in [0.1, 0.15) is 24.2 Å². The molecule has 0 bridgehead atoms. The van der Waals surface area contributed by atoms with Crippen LogP contribution in [0.25, 0.3) is 0 Å². The average molecular weight is 521 g/mol. The quantitative estimate of drug-likeness (QED) is 0.428. The molecule has 8 heteroatoms. The monoisotopic (exact) mass is 520 g/mol. The molecule has 2 aromatic rings. The van der Waals surface area contributed by atoms with Crippen molar-refractivity contribution in [1.29, 1.82) is 0 Å². The molecule has 0 spiro atoms. The molecule has 1 saturated heterocycles. The van der Waals surface area contributed by atoms with E-state index in [0.29, 0.717) is 12.8 Å². The van der Waals surface area contributed by atoms with E-state index in [-0.39, 0.29) is 24.7 Å². The molecular formula is C30H40N4O4. The van der Waals surface area contributed by atoms with Crippen LogP contribution in [-0.4, -0.2) is 47.8 Å². The van der Waals surface area contributed by atoms with Gasteiger partial charge < -0.3 is 21.3 Å². The van der Waals surface area contributed by atoms with Gasteiger partial charge in [-0.05, 0) is 35.8 Å². The summed E-state index contributed by atoms with van der Waals surface area (Å²) in [5.41, 5.74) is 1.74. The Labute approximate surface area is 225 Å². The fraction of sp³-hybridized carbons (Fsp3) is 0.467. The summed E-state index contributed by atoms with van der Waals surface area (Å²) in [4.78, 5) is 53.9. The molecule has 0 radical (unpaired) electrons. The molecule has 1 aliphatic rings. The molecule has 4 atom stereocenters. The number of nitrogens with one attached hydrogen (secondary N) is 4. The Morgan fingerprint density at radius 3 is 1.11 bits per heavy atom. The van der Waals surface area contributed by atoms with Crippen LogP contribution in [0.4, 0.5) is 0 Å². The Balaban J connectivity index is 1.96. The predicted molar refractivity (Wildman–Crippen MR) is 147 cm³/mol. The molecule has 38 heavy (non-hydrogen) atoms. The van der Waals surface area contributed by atoms with Gasteiger partial charge in [-0.2, -0.15) is 0 Å². The van der Waals surface area contributed by atoms with Gasteiger partial charge in [0.15, 0.2) is 0 Å². The van der Waals surface area contributed by atoms with Crippen LogP contribution in [0.2, 0.25) is 0 Å². The fourth-order valence-electron chi connectivity index (χ4n) is 4.61. The highest BCUT2D eigenvalue weighted by atomic mass is 16.2. The van der Waals surface area contributed by atoms with Crippen molar-refractivity contribution < 1.29 is 19.2 Å². The maximum atomic E-state index is 13.5. The molecule has 204 valence electrons. The summed E-state index contributed by atoms with van der Waals surface area (Å²) in [6, 6.07) is 15.3.